The fourth-order valence-electron chi connectivity index (χ4n) is 2.86. The van der Waals surface area contributed by atoms with Crippen molar-refractivity contribution in [3.05, 3.63) is 80.6 Å². The van der Waals surface area contributed by atoms with Gasteiger partial charge in [0.05, 0.1) is 9.95 Å². The van der Waals surface area contributed by atoms with Crippen LogP contribution < -0.4 is 5.32 Å². The number of anilines is 1. The predicted octanol–water partition coefficient (Wildman–Crippen LogP) is 5.61. The molecule has 0 atom stereocenters. The van der Waals surface area contributed by atoms with Crippen molar-refractivity contribution >= 4 is 51.4 Å². The summed E-state index contributed by atoms with van der Waals surface area (Å²) in [6.45, 7) is 1.64. The maximum atomic E-state index is 12.9. The number of amides is 1. The second-order valence-corrected chi connectivity index (χ2v) is 9.09. The lowest BCUT2D eigenvalue weighted by Crippen LogP contribution is -2.13. The maximum Gasteiger partial charge on any atom is 0.269 e. The van der Waals surface area contributed by atoms with E-state index in [2.05, 4.69) is 20.7 Å². The molecule has 2 heterocycles. The number of aryl methyl sites for hydroxylation is 1. The minimum absolute atomic E-state index is 0.0340. The van der Waals surface area contributed by atoms with Gasteiger partial charge in [0.1, 0.15) is 17.0 Å². The summed E-state index contributed by atoms with van der Waals surface area (Å²) in [7, 11) is 0. The quantitative estimate of drug-likeness (QED) is 0.154. The molecule has 0 saturated heterocycles. The van der Waals surface area contributed by atoms with Crippen LogP contribution in [-0.2, 0) is 5.75 Å². The average molecular weight is 488 g/mol. The van der Waals surface area contributed by atoms with Gasteiger partial charge in [0.15, 0.2) is 4.34 Å². The van der Waals surface area contributed by atoms with Crippen LogP contribution in [0.5, 0.6) is 0 Å². The molecule has 0 aliphatic carbocycles. The van der Waals surface area contributed by atoms with E-state index in [0.29, 0.717) is 37.3 Å². The van der Waals surface area contributed by atoms with Gasteiger partial charge in [0.2, 0.25) is 5.13 Å². The number of hydrogen-bond acceptors (Lipinski definition) is 9. The molecule has 0 spiro atoms. The number of nitrogens with zero attached hydrogens (tertiary/aromatic N) is 4. The van der Waals surface area contributed by atoms with Crippen LogP contribution in [-0.4, -0.2) is 26.2 Å². The van der Waals surface area contributed by atoms with Crippen LogP contribution in [0.2, 0.25) is 5.02 Å². The molecule has 2 aromatic carbocycles. The number of nitrogens with one attached hydrogen (secondary N) is 1. The molecule has 1 N–H and O–H groups in total. The molecule has 0 bridgehead atoms. The molecule has 4 rings (SSSR count). The number of nitro groups is 1. The summed E-state index contributed by atoms with van der Waals surface area (Å²) in [5.74, 6) is 0.387. The zero-order chi connectivity index (χ0) is 22.7. The van der Waals surface area contributed by atoms with Crippen LogP contribution >= 0.6 is 34.7 Å². The summed E-state index contributed by atoms with van der Waals surface area (Å²) in [5.41, 5.74) is 2.01. The van der Waals surface area contributed by atoms with Gasteiger partial charge < -0.3 is 4.52 Å². The number of carbonyl (C=O) groups is 1. The zero-order valence-corrected chi connectivity index (χ0v) is 18.8. The van der Waals surface area contributed by atoms with Crippen LogP contribution in [0.1, 0.15) is 21.7 Å². The highest BCUT2D eigenvalue weighted by Gasteiger charge is 2.24. The molecule has 0 aliphatic rings. The number of non-ortho nitro benzene ring substituents is 1. The Labute approximate surface area is 195 Å². The highest BCUT2D eigenvalue weighted by Crippen LogP contribution is 2.33. The summed E-state index contributed by atoms with van der Waals surface area (Å²) < 4.78 is 5.84. The van der Waals surface area contributed by atoms with E-state index < -0.39 is 10.8 Å². The zero-order valence-electron chi connectivity index (χ0n) is 16.4. The van der Waals surface area contributed by atoms with Crippen molar-refractivity contribution in [3.63, 3.8) is 0 Å². The molecule has 1 amide bonds. The summed E-state index contributed by atoms with van der Waals surface area (Å²) in [6.07, 6.45) is 0. The summed E-state index contributed by atoms with van der Waals surface area (Å²) >= 11 is 8.81. The van der Waals surface area contributed by atoms with Crippen molar-refractivity contribution in [2.45, 2.75) is 17.0 Å². The minimum atomic E-state index is -0.440. The van der Waals surface area contributed by atoms with Gasteiger partial charge >= 0.3 is 0 Å². The van der Waals surface area contributed by atoms with Crippen molar-refractivity contribution in [2.75, 3.05) is 5.32 Å². The normalized spacial score (nSPS) is 10.8. The smallest absolute Gasteiger partial charge is 0.269 e. The second kappa shape index (κ2) is 9.47. The number of rotatable bonds is 7. The number of hydrogen-bond donors (Lipinski definition) is 1. The van der Waals surface area contributed by atoms with E-state index in [9.17, 15) is 14.9 Å². The summed E-state index contributed by atoms with van der Waals surface area (Å²) in [4.78, 5) is 23.4. The monoisotopic (exact) mass is 487 g/mol. The first-order valence-corrected chi connectivity index (χ1v) is 11.3. The molecule has 12 heteroatoms. The first-order valence-electron chi connectivity index (χ1n) is 9.14. The molecule has 32 heavy (non-hydrogen) atoms. The molecule has 162 valence electrons. The fourth-order valence-corrected chi connectivity index (χ4v) is 4.77. The van der Waals surface area contributed by atoms with Gasteiger partial charge in [-0.05, 0) is 18.6 Å². The Morgan fingerprint density at radius 1 is 1.25 bits per heavy atom. The van der Waals surface area contributed by atoms with E-state index in [-0.39, 0.29) is 11.3 Å². The molecule has 2 aromatic heterocycles. The summed E-state index contributed by atoms with van der Waals surface area (Å²) in [6, 6.07) is 13.4. The van der Waals surface area contributed by atoms with Gasteiger partial charge in [-0.1, -0.05) is 70.2 Å². The number of halogens is 1. The largest absolute Gasteiger partial charge is 0.360 e. The Morgan fingerprint density at radius 3 is 2.84 bits per heavy atom. The van der Waals surface area contributed by atoms with Crippen LogP contribution in [0.3, 0.4) is 0 Å². The number of thioether (sulfide) groups is 1. The van der Waals surface area contributed by atoms with Crippen molar-refractivity contribution < 1.29 is 14.2 Å². The molecule has 0 radical (unpaired) electrons. The predicted molar refractivity (Wildman–Crippen MR) is 122 cm³/mol. The molecule has 0 saturated carbocycles. The van der Waals surface area contributed by atoms with Crippen molar-refractivity contribution in [1.29, 1.82) is 0 Å². The van der Waals surface area contributed by atoms with Gasteiger partial charge in [0.25, 0.3) is 11.6 Å². The molecular weight excluding hydrogens is 474 g/mol. The van der Waals surface area contributed by atoms with Crippen LogP contribution in [0.25, 0.3) is 11.3 Å². The Hall–Kier alpha value is -3.28. The highest BCUT2D eigenvalue weighted by molar-refractivity contribution is 8.00. The third kappa shape index (κ3) is 4.79. The van der Waals surface area contributed by atoms with E-state index >= 15 is 0 Å². The van der Waals surface area contributed by atoms with Crippen molar-refractivity contribution in [1.82, 2.24) is 15.4 Å². The van der Waals surface area contributed by atoms with E-state index in [1.54, 1.807) is 43.3 Å². The van der Waals surface area contributed by atoms with E-state index in [0.717, 1.165) is 5.56 Å². The van der Waals surface area contributed by atoms with Crippen molar-refractivity contribution in [3.8, 4) is 11.3 Å². The first kappa shape index (κ1) is 21.9. The van der Waals surface area contributed by atoms with Crippen LogP contribution in [0.4, 0.5) is 10.8 Å². The molecule has 0 fully saturated rings. The maximum absolute atomic E-state index is 12.9. The topological polar surface area (TPSA) is 124 Å². The molecule has 9 nitrogen and oxygen atoms in total. The van der Waals surface area contributed by atoms with Gasteiger partial charge in [-0.2, -0.15) is 0 Å². The third-order valence-electron chi connectivity index (χ3n) is 4.33. The SMILES string of the molecule is Cc1onc(-c2ccccc2Cl)c1C(=O)Nc1nnc(SCc2cccc([N+](=O)[O-])c2)s1. The number of benzene rings is 2. The highest BCUT2D eigenvalue weighted by atomic mass is 35.5. The van der Waals surface area contributed by atoms with E-state index in [4.69, 9.17) is 16.1 Å². The lowest BCUT2D eigenvalue weighted by molar-refractivity contribution is -0.384. The Kier molecular flexibility index (Phi) is 6.49. The molecule has 0 aliphatic heterocycles. The molecule has 4 aromatic rings. The van der Waals surface area contributed by atoms with Crippen LogP contribution in [0, 0.1) is 17.0 Å². The Balaban J connectivity index is 1.46. The molecule has 0 unspecified atom stereocenters. The Morgan fingerprint density at radius 2 is 2.06 bits per heavy atom. The van der Waals surface area contributed by atoms with Crippen LogP contribution in [0.15, 0.2) is 57.4 Å². The minimum Gasteiger partial charge on any atom is -0.360 e. The van der Waals surface area contributed by atoms with Gasteiger partial charge in [-0.25, -0.2) is 0 Å². The van der Waals surface area contributed by atoms with Crippen molar-refractivity contribution in [2.24, 2.45) is 0 Å². The third-order valence-corrected chi connectivity index (χ3v) is 6.70. The number of nitro benzene ring substituents is 1. The van der Waals surface area contributed by atoms with E-state index in [1.807, 2.05) is 0 Å². The van der Waals surface area contributed by atoms with E-state index in [1.165, 1.54) is 35.2 Å². The number of aromatic nitrogens is 3. The average Bonchev–Trinajstić information content (AvgIpc) is 3.39. The fraction of sp³-hybridized carbons (Fsp3) is 0.100. The summed E-state index contributed by atoms with van der Waals surface area (Å²) in [5, 5.41) is 26.4. The standard InChI is InChI=1S/C20H14ClN5O4S2/c1-11-16(17(25-30-11)14-7-2-3-8-15(14)21)18(27)22-19-23-24-20(32-19)31-10-12-5-4-6-13(9-12)26(28)29/h2-9H,10H2,1H3,(H,22,23,27). The van der Waals surface area contributed by atoms with Gasteiger partial charge in [-0.15, -0.1) is 10.2 Å². The van der Waals surface area contributed by atoms with Gasteiger partial charge in [0, 0.05) is 23.4 Å². The lowest BCUT2D eigenvalue weighted by atomic mass is 10.1. The number of carbonyl (C=O) groups excluding carboxylic acids is 1. The lowest BCUT2D eigenvalue weighted by Gasteiger charge is -2.04. The van der Waals surface area contributed by atoms with Gasteiger partial charge in [-0.3, -0.25) is 20.2 Å². The Bertz CT molecular complexity index is 1310. The first-order chi connectivity index (χ1) is 15.4. The molecular formula is C20H14ClN5O4S2. The second-order valence-electron chi connectivity index (χ2n) is 6.49.